The van der Waals surface area contributed by atoms with Gasteiger partial charge in [0, 0.05) is 6.54 Å². The van der Waals surface area contributed by atoms with Gasteiger partial charge in [-0.25, -0.2) is 0 Å². The van der Waals surface area contributed by atoms with E-state index in [0.717, 1.165) is 5.56 Å². The number of carbonyl (C=O) groups excluding carboxylic acids is 1. The van der Waals surface area contributed by atoms with E-state index in [1.165, 1.54) is 11.1 Å². The molecule has 16 heavy (non-hydrogen) atoms. The van der Waals surface area contributed by atoms with Gasteiger partial charge in [-0.05, 0) is 37.5 Å². The first kappa shape index (κ1) is 12.7. The standard InChI is InChI=1S/C13H19NO2/c1-9-4-5-12(6-10(9)2)7-13(16)14-8-11(3)15/h4-6,11,15H,7-8H2,1-3H3,(H,14,16). The van der Waals surface area contributed by atoms with Gasteiger partial charge in [0.1, 0.15) is 0 Å². The van der Waals surface area contributed by atoms with Crippen LogP contribution in [0.3, 0.4) is 0 Å². The third-order valence-electron chi connectivity index (χ3n) is 2.53. The number of rotatable bonds is 4. The zero-order chi connectivity index (χ0) is 12.1. The van der Waals surface area contributed by atoms with Crippen LogP contribution in [0.4, 0.5) is 0 Å². The van der Waals surface area contributed by atoms with E-state index in [4.69, 9.17) is 5.11 Å². The first-order chi connectivity index (χ1) is 7.49. The number of aryl methyl sites for hydroxylation is 2. The van der Waals surface area contributed by atoms with Gasteiger partial charge < -0.3 is 10.4 Å². The molecule has 0 aliphatic heterocycles. The van der Waals surface area contributed by atoms with Crippen molar-refractivity contribution < 1.29 is 9.90 Å². The quantitative estimate of drug-likeness (QED) is 0.806. The average Bonchev–Trinajstić information content (AvgIpc) is 2.21. The van der Waals surface area contributed by atoms with Gasteiger partial charge in [-0.3, -0.25) is 4.79 Å². The molecule has 0 aliphatic carbocycles. The predicted octanol–water partition coefficient (Wildman–Crippen LogP) is 1.34. The fourth-order valence-electron chi connectivity index (χ4n) is 1.42. The number of hydrogen-bond acceptors (Lipinski definition) is 2. The Kier molecular flexibility index (Phi) is 4.50. The van der Waals surface area contributed by atoms with Crippen molar-refractivity contribution in [3.8, 4) is 0 Å². The Morgan fingerprint density at radius 3 is 2.62 bits per heavy atom. The van der Waals surface area contributed by atoms with Crippen LogP contribution in [0.1, 0.15) is 23.6 Å². The lowest BCUT2D eigenvalue weighted by atomic mass is 10.0. The Labute approximate surface area is 96.5 Å². The summed E-state index contributed by atoms with van der Waals surface area (Å²) in [5.74, 6) is -0.0517. The molecule has 88 valence electrons. The number of aliphatic hydroxyl groups excluding tert-OH is 1. The van der Waals surface area contributed by atoms with E-state index >= 15 is 0 Å². The lowest BCUT2D eigenvalue weighted by molar-refractivity contribution is -0.120. The van der Waals surface area contributed by atoms with Crippen LogP contribution < -0.4 is 5.32 Å². The monoisotopic (exact) mass is 221 g/mol. The zero-order valence-electron chi connectivity index (χ0n) is 10.1. The molecule has 0 spiro atoms. The van der Waals surface area contributed by atoms with Crippen molar-refractivity contribution in [1.82, 2.24) is 5.32 Å². The molecule has 1 aromatic carbocycles. The minimum absolute atomic E-state index is 0.0517. The molecular weight excluding hydrogens is 202 g/mol. The molecule has 0 heterocycles. The maximum absolute atomic E-state index is 11.5. The van der Waals surface area contributed by atoms with Crippen LogP contribution in [0.15, 0.2) is 18.2 Å². The smallest absolute Gasteiger partial charge is 0.224 e. The van der Waals surface area contributed by atoms with Crippen LogP contribution in [-0.4, -0.2) is 23.7 Å². The summed E-state index contributed by atoms with van der Waals surface area (Å²) in [5, 5.41) is 11.7. The SMILES string of the molecule is Cc1ccc(CC(=O)NCC(C)O)cc1C. The Morgan fingerprint density at radius 2 is 2.06 bits per heavy atom. The van der Waals surface area contributed by atoms with Gasteiger partial charge in [0.25, 0.3) is 0 Å². The van der Waals surface area contributed by atoms with Crippen LogP contribution in [0, 0.1) is 13.8 Å². The lowest BCUT2D eigenvalue weighted by Crippen LogP contribution is -2.31. The minimum atomic E-state index is -0.497. The van der Waals surface area contributed by atoms with Gasteiger partial charge in [0.2, 0.25) is 5.91 Å². The van der Waals surface area contributed by atoms with Gasteiger partial charge in [-0.2, -0.15) is 0 Å². The molecular formula is C13H19NO2. The molecule has 2 N–H and O–H groups in total. The van der Waals surface area contributed by atoms with Gasteiger partial charge in [0.15, 0.2) is 0 Å². The molecule has 0 saturated heterocycles. The van der Waals surface area contributed by atoms with Crippen LogP contribution >= 0.6 is 0 Å². The fraction of sp³-hybridized carbons (Fsp3) is 0.462. The topological polar surface area (TPSA) is 49.3 Å². The lowest BCUT2D eigenvalue weighted by Gasteiger charge is -2.08. The molecule has 0 bridgehead atoms. The number of hydrogen-bond donors (Lipinski definition) is 2. The zero-order valence-corrected chi connectivity index (χ0v) is 10.1. The molecule has 1 aromatic rings. The van der Waals surface area contributed by atoms with Gasteiger partial charge in [0.05, 0.1) is 12.5 Å². The maximum Gasteiger partial charge on any atom is 0.224 e. The second kappa shape index (κ2) is 5.66. The minimum Gasteiger partial charge on any atom is -0.392 e. The number of carbonyl (C=O) groups is 1. The number of benzene rings is 1. The summed E-state index contributed by atoms with van der Waals surface area (Å²) in [6, 6.07) is 6.01. The van der Waals surface area contributed by atoms with Crippen molar-refractivity contribution in [2.75, 3.05) is 6.54 Å². The molecule has 1 amide bonds. The predicted molar refractivity (Wildman–Crippen MR) is 64.3 cm³/mol. The highest BCUT2D eigenvalue weighted by Gasteiger charge is 2.05. The van der Waals surface area contributed by atoms with E-state index in [0.29, 0.717) is 13.0 Å². The Hall–Kier alpha value is -1.35. The largest absolute Gasteiger partial charge is 0.392 e. The van der Waals surface area contributed by atoms with E-state index in [1.807, 2.05) is 32.0 Å². The van der Waals surface area contributed by atoms with Crippen LogP contribution in [-0.2, 0) is 11.2 Å². The van der Waals surface area contributed by atoms with E-state index in [2.05, 4.69) is 5.32 Å². The molecule has 0 aliphatic rings. The molecule has 1 atom stereocenters. The van der Waals surface area contributed by atoms with E-state index < -0.39 is 6.10 Å². The van der Waals surface area contributed by atoms with Crippen LogP contribution in [0.25, 0.3) is 0 Å². The van der Waals surface area contributed by atoms with Crippen molar-refractivity contribution >= 4 is 5.91 Å². The van der Waals surface area contributed by atoms with Crippen molar-refractivity contribution in [3.05, 3.63) is 34.9 Å². The number of amides is 1. The molecule has 1 rings (SSSR count). The van der Waals surface area contributed by atoms with E-state index in [1.54, 1.807) is 6.92 Å². The molecule has 0 radical (unpaired) electrons. The summed E-state index contributed by atoms with van der Waals surface area (Å²) in [6.45, 7) is 6.04. The Morgan fingerprint density at radius 1 is 1.38 bits per heavy atom. The molecule has 3 nitrogen and oxygen atoms in total. The summed E-state index contributed by atoms with van der Waals surface area (Å²) < 4.78 is 0. The third-order valence-corrected chi connectivity index (χ3v) is 2.53. The summed E-state index contributed by atoms with van der Waals surface area (Å²) in [5.41, 5.74) is 3.43. The summed E-state index contributed by atoms with van der Waals surface area (Å²) >= 11 is 0. The highest BCUT2D eigenvalue weighted by atomic mass is 16.3. The normalized spacial score (nSPS) is 12.2. The Bertz CT molecular complexity index is 372. The Balaban J connectivity index is 2.53. The average molecular weight is 221 g/mol. The second-order valence-corrected chi connectivity index (χ2v) is 4.25. The van der Waals surface area contributed by atoms with Gasteiger partial charge >= 0.3 is 0 Å². The molecule has 3 heteroatoms. The van der Waals surface area contributed by atoms with Gasteiger partial charge in [-0.1, -0.05) is 18.2 Å². The van der Waals surface area contributed by atoms with Crippen LogP contribution in [0.2, 0.25) is 0 Å². The molecule has 0 fully saturated rings. The highest BCUT2D eigenvalue weighted by Crippen LogP contribution is 2.10. The molecule has 1 unspecified atom stereocenters. The second-order valence-electron chi connectivity index (χ2n) is 4.25. The summed E-state index contributed by atoms with van der Waals surface area (Å²) in [7, 11) is 0. The van der Waals surface area contributed by atoms with E-state index in [-0.39, 0.29) is 5.91 Å². The van der Waals surface area contributed by atoms with Crippen LogP contribution in [0.5, 0.6) is 0 Å². The van der Waals surface area contributed by atoms with Crippen molar-refractivity contribution in [1.29, 1.82) is 0 Å². The van der Waals surface area contributed by atoms with E-state index in [9.17, 15) is 4.79 Å². The van der Waals surface area contributed by atoms with Crippen molar-refractivity contribution in [2.24, 2.45) is 0 Å². The third kappa shape index (κ3) is 4.03. The summed E-state index contributed by atoms with van der Waals surface area (Å²) in [4.78, 5) is 11.5. The number of nitrogens with one attached hydrogen (secondary N) is 1. The summed E-state index contributed by atoms with van der Waals surface area (Å²) in [6.07, 6.45) is -0.128. The first-order valence-corrected chi connectivity index (χ1v) is 5.50. The van der Waals surface area contributed by atoms with Gasteiger partial charge in [-0.15, -0.1) is 0 Å². The highest BCUT2D eigenvalue weighted by molar-refractivity contribution is 5.78. The molecule has 0 saturated carbocycles. The first-order valence-electron chi connectivity index (χ1n) is 5.50. The molecule has 0 aromatic heterocycles. The van der Waals surface area contributed by atoms with Crippen molar-refractivity contribution in [3.63, 3.8) is 0 Å². The number of aliphatic hydroxyl groups is 1. The van der Waals surface area contributed by atoms with Crippen molar-refractivity contribution in [2.45, 2.75) is 33.3 Å². The fourth-order valence-corrected chi connectivity index (χ4v) is 1.42. The maximum atomic E-state index is 11.5.